The van der Waals surface area contributed by atoms with E-state index in [4.69, 9.17) is 11.6 Å². The molecule has 0 aliphatic heterocycles. The van der Waals surface area contributed by atoms with Crippen molar-refractivity contribution in [3.05, 3.63) is 105 Å². The molecule has 0 spiro atoms. The van der Waals surface area contributed by atoms with Gasteiger partial charge in [0.2, 0.25) is 0 Å². The molecule has 1 aliphatic carbocycles. The molecule has 0 radical (unpaired) electrons. The fraction of sp³-hybridized carbons (Fsp3) is 0.455. The Morgan fingerprint density at radius 3 is 1.97 bits per heavy atom. The van der Waals surface area contributed by atoms with Crippen LogP contribution in [0.1, 0.15) is 92.0 Å². The van der Waals surface area contributed by atoms with Gasteiger partial charge in [-0.15, -0.1) is 0 Å². The van der Waals surface area contributed by atoms with Crippen molar-refractivity contribution in [3.63, 3.8) is 0 Å². The fourth-order valence-electron chi connectivity index (χ4n) is 5.67. The standard InChI is InChI=1S/C33H38ClF3/c1-2-3-4-5-23-8-14-27(15-9-23)28-16-10-24(11-17-28)6-7-25-12-18-29(30(35)20-25)19-13-26-21-31(36)33(34)32(37)22-26/h8-9,12,14-15,18,20-22,24,28H,2-7,10-11,13,16-17,19H2,1H3. The van der Waals surface area contributed by atoms with Gasteiger partial charge >= 0.3 is 0 Å². The zero-order valence-electron chi connectivity index (χ0n) is 21.8. The van der Waals surface area contributed by atoms with Gasteiger partial charge in [-0.2, -0.15) is 0 Å². The molecule has 1 fully saturated rings. The highest BCUT2D eigenvalue weighted by Gasteiger charge is 2.22. The smallest absolute Gasteiger partial charge is 0.145 e. The third kappa shape index (κ3) is 7.87. The topological polar surface area (TPSA) is 0 Å². The summed E-state index contributed by atoms with van der Waals surface area (Å²) in [5.41, 5.74) is 5.00. The Hall–Kier alpha value is -2.26. The maximum absolute atomic E-state index is 14.7. The molecule has 0 atom stereocenters. The molecular weight excluding hydrogens is 489 g/mol. The highest BCUT2D eigenvalue weighted by molar-refractivity contribution is 6.30. The Morgan fingerprint density at radius 1 is 0.676 bits per heavy atom. The van der Waals surface area contributed by atoms with Crippen LogP contribution in [-0.4, -0.2) is 0 Å². The van der Waals surface area contributed by atoms with E-state index in [9.17, 15) is 13.2 Å². The fourth-order valence-corrected chi connectivity index (χ4v) is 5.78. The van der Waals surface area contributed by atoms with Crippen molar-refractivity contribution >= 4 is 11.6 Å². The lowest BCUT2D eigenvalue weighted by atomic mass is 9.76. The van der Waals surface area contributed by atoms with Crippen LogP contribution >= 0.6 is 11.6 Å². The third-order valence-electron chi connectivity index (χ3n) is 8.05. The van der Waals surface area contributed by atoms with Gasteiger partial charge in [0, 0.05) is 0 Å². The Bertz CT molecular complexity index is 1120. The number of hydrogen-bond donors (Lipinski definition) is 0. The third-order valence-corrected chi connectivity index (χ3v) is 8.41. The molecule has 37 heavy (non-hydrogen) atoms. The summed E-state index contributed by atoms with van der Waals surface area (Å²) in [6, 6.07) is 17.2. The van der Waals surface area contributed by atoms with E-state index in [1.165, 1.54) is 74.6 Å². The first-order valence-corrected chi connectivity index (χ1v) is 14.3. The molecule has 198 valence electrons. The maximum Gasteiger partial charge on any atom is 0.145 e. The molecule has 1 saturated carbocycles. The van der Waals surface area contributed by atoms with Crippen LogP contribution in [0, 0.1) is 23.4 Å². The lowest BCUT2D eigenvalue weighted by Gasteiger charge is -2.29. The molecule has 0 bridgehead atoms. The van der Waals surface area contributed by atoms with Crippen molar-refractivity contribution in [3.8, 4) is 0 Å². The van der Waals surface area contributed by atoms with Crippen molar-refractivity contribution < 1.29 is 13.2 Å². The minimum atomic E-state index is -0.780. The lowest BCUT2D eigenvalue weighted by Crippen LogP contribution is -2.14. The van der Waals surface area contributed by atoms with Crippen LogP contribution in [0.3, 0.4) is 0 Å². The van der Waals surface area contributed by atoms with Gasteiger partial charge in [0.05, 0.1) is 0 Å². The normalized spacial score (nSPS) is 17.8. The number of benzene rings is 3. The second-order valence-corrected chi connectivity index (χ2v) is 11.1. The molecule has 0 N–H and O–H groups in total. The van der Waals surface area contributed by atoms with E-state index in [0.717, 1.165) is 18.4 Å². The predicted molar refractivity (Wildman–Crippen MR) is 148 cm³/mol. The highest BCUT2D eigenvalue weighted by Crippen LogP contribution is 2.37. The minimum absolute atomic E-state index is 0.241. The number of hydrogen-bond acceptors (Lipinski definition) is 0. The van der Waals surface area contributed by atoms with Crippen LogP contribution < -0.4 is 0 Å². The molecule has 1 aliphatic rings. The van der Waals surface area contributed by atoms with E-state index in [2.05, 4.69) is 31.2 Å². The Kier molecular flexibility index (Phi) is 10.1. The minimum Gasteiger partial charge on any atom is -0.207 e. The molecule has 4 rings (SSSR count). The van der Waals surface area contributed by atoms with Crippen molar-refractivity contribution in [1.29, 1.82) is 0 Å². The van der Waals surface area contributed by atoms with Crippen molar-refractivity contribution in [2.24, 2.45) is 5.92 Å². The summed E-state index contributed by atoms with van der Waals surface area (Å²) < 4.78 is 42.0. The van der Waals surface area contributed by atoms with E-state index in [0.29, 0.717) is 35.8 Å². The van der Waals surface area contributed by atoms with Crippen molar-refractivity contribution in [2.45, 2.75) is 89.9 Å². The van der Waals surface area contributed by atoms with E-state index in [1.807, 2.05) is 12.1 Å². The monoisotopic (exact) mass is 526 g/mol. The first kappa shape index (κ1) is 27.8. The summed E-state index contributed by atoms with van der Waals surface area (Å²) in [6.45, 7) is 2.24. The van der Waals surface area contributed by atoms with Crippen LogP contribution in [0.4, 0.5) is 13.2 Å². The maximum atomic E-state index is 14.7. The van der Waals surface area contributed by atoms with Crippen LogP contribution in [0.15, 0.2) is 54.6 Å². The molecule has 4 heteroatoms. The van der Waals surface area contributed by atoms with Crippen LogP contribution in [0.2, 0.25) is 5.02 Å². The van der Waals surface area contributed by atoms with E-state index in [1.54, 1.807) is 6.07 Å². The summed E-state index contributed by atoms with van der Waals surface area (Å²) in [5, 5.41) is -0.500. The van der Waals surface area contributed by atoms with Crippen molar-refractivity contribution in [1.82, 2.24) is 0 Å². The van der Waals surface area contributed by atoms with Crippen LogP contribution in [0.5, 0.6) is 0 Å². The summed E-state index contributed by atoms with van der Waals surface area (Å²) in [5.74, 6) is -0.439. The van der Waals surface area contributed by atoms with E-state index < -0.39 is 16.7 Å². The van der Waals surface area contributed by atoms with Gasteiger partial charge in [-0.05, 0) is 122 Å². The summed E-state index contributed by atoms with van der Waals surface area (Å²) in [6.07, 6.45) is 12.7. The molecule has 3 aromatic rings. The number of unbranched alkanes of at least 4 members (excludes halogenated alkanes) is 2. The molecule has 0 saturated heterocycles. The molecule has 0 heterocycles. The predicted octanol–water partition coefficient (Wildman–Crippen LogP) is 10.2. The number of rotatable bonds is 11. The van der Waals surface area contributed by atoms with Crippen LogP contribution in [-0.2, 0) is 25.7 Å². The van der Waals surface area contributed by atoms with Gasteiger partial charge in [-0.3, -0.25) is 0 Å². The molecule has 0 aromatic heterocycles. The van der Waals surface area contributed by atoms with Gasteiger partial charge in [0.1, 0.15) is 22.5 Å². The number of aryl methyl sites for hydroxylation is 4. The molecule has 0 unspecified atom stereocenters. The van der Waals surface area contributed by atoms with E-state index in [-0.39, 0.29) is 5.82 Å². The molecular formula is C33H38ClF3. The van der Waals surface area contributed by atoms with Gasteiger partial charge in [0.25, 0.3) is 0 Å². The largest absolute Gasteiger partial charge is 0.207 e. The molecule has 0 amide bonds. The highest BCUT2D eigenvalue weighted by atomic mass is 35.5. The summed E-state index contributed by atoms with van der Waals surface area (Å²) in [7, 11) is 0. The van der Waals surface area contributed by atoms with Crippen LogP contribution in [0.25, 0.3) is 0 Å². The summed E-state index contributed by atoms with van der Waals surface area (Å²) >= 11 is 5.54. The van der Waals surface area contributed by atoms with Crippen molar-refractivity contribution in [2.75, 3.05) is 0 Å². The second kappa shape index (κ2) is 13.5. The quantitative estimate of drug-likeness (QED) is 0.172. The first-order valence-electron chi connectivity index (χ1n) is 13.9. The zero-order chi connectivity index (χ0) is 26.2. The zero-order valence-corrected chi connectivity index (χ0v) is 22.6. The average molecular weight is 527 g/mol. The second-order valence-electron chi connectivity index (χ2n) is 10.8. The molecule has 0 nitrogen and oxygen atoms in total. The number of halogens is 4. The molecule has 3 aromatic carbocycles. The Balaban J connectivity index is 1.21. The van der Waals surface area contributed by atoms with Gasteiger partial charge < -0.3 is 0 Å². The van der Waals surface area contributed by atoms with Gasteiger partial charge in [-0.1, -0.05) is 67.8 Å². The van der Waals surface area contributed by atoms with E-state index >= 15 is 0 Å². The average Bonchev–Trinajstić information content (AvgIpc) is 2.91. The lowest BCUT2D eigenvalue weighted by molar-refractivity contribution is 0.310. The van der Waals surface area contributed by atoms with Gasteiger partial charge in [-0.25, -0.2) is 13.2 Å². The summed E-state index contributed by atoms with van der Waals surface area (Å²) in [4.78, 5) is 0. The van der Waals surface area contributed by atoms with Gasteiger partial charge in [0.15, 0.2) is 0 Å². The Labute approximate surface area is 225 Å². The Morgan fingerprint density at radius 2 is 1.32 bits per heavy atom. The SMILES string of the molecule is CCCCCc1ccc(C2CCC(CCc3ccc(CCc4cc(F)c(Cl)c(F)c4)c(F)c3)CC2)cc1. The first-order chi connectivity index (χ1) is 17.9.